The van der Waals surface area contributed by atoms with E-state index in [2.05, 4.69) is 11.4 Å². The molecule has 0 fully saturated rings. The molecule has 2 aromatic rings. The zero-order valence-electron chi connectivity index (χ0n) is 5.46. The highest BCUT2D eigenvalue weighted by Gasteiger charge is 2.03. The minimum atomic E-state index is 1.01. The summed E-state index contributed by atoms with van der Waals surface area (Å²) in [7, 11) is 1.71. The highest BCUT2D eigenvalue weighted by Crippen LogP contribution is 2.35. The van der Waals surface area contributed by atoms with Gasteiger partial charge in [-0.3, -0.25) is 0 Å². The lowest BCUT2D eigenvalue weighted by atomic mass is 10.5. The SMILES string of the molecule is COc1csc2ccsc12. The molecule has 0 unspecified atom stereocenters. The van der Waals surface area contributed by atoms with E-state index in [9.17, 15) is 0 Å². The Morgan fingerprint density at radius 1 is 1.40 bits per heavy atom. The summed E-state index contributed by atoms with van der Waals surface area (Å²) < 4.78 is 7.74. The van der Waals surface area contributed by atoms with E-state index >= 15 is 0 Å². The van der Waals surface area contributed by atoms with Gasteiger partial charge in [-0.1, -0.05) is 0 Å². The molecule has 0 N–H and O–H groups in total. The van der Waals surface area contributed by atoms with Gasteiger partial charge < -0.3 is 4.74 Å². The van der Waals surface area contributed by atoms with E-state index in [1.165, 1.54) is 9.40 Å². The molecule has 0 aromatic carbocycles. The Morgan fingerprint density at radius 2 is 2.30 bits per heavy atom. The minimum Gasteiger partial charge on any atom is -0.494 e. The van der Waals surface area contributed by atoms with Crippen LogP contribution in [0.15, 0.2) is 16.8 Å². The van der Waals surface area contributed by atoms with Crippen LogP contribution >= 0.6 is 22.7 Å². The van der Waals surface area contributed by atoms with Crippen molar-refractivity contribution >= 4 is 32.1 Å². The predicted octanol–water partition coefficient (Wildman–Crippen LogP) is 2.97. The van der Waals surface area contributed by atoms with Crippen LogP contribution in [0.3, 0.4) is 0 Å². The third kappa shape index (κ3) is 0.744. The van der Waals surface area contributed by atoms with Gasteiger partial charge in [-0.2, -0.15) is 0 Å². The first-order chi connectivity index (χ1) is 4.92. The van der Waals surface area contributed by atoms with Crippen molar-refractivity contribution in [2.24, 2.45) is 0 Å². The molecular weight excluding hydrogens is 164 g/mol. The second-order valence-corrected chi connectivity index (χ2v) is 3.75. The summed E-state index contributed by atoms with van der Waals surface area (Å²) in [5, 5.41) is 4.13. The molecule has 10 heavy (non-hydrogen) atoms. The van der Waals surface area contributed by atoms with E-state index in [4.69, 9.17) is 4.74 Å². The van der Waals surface area contributed by atoms with Gasteiger partial charge in [-0.25, -0.2) is 0 Å². The molecule has 2 aromatic heterocycles. The molecule has 0 aliphatic carbocycles. The summed E-state index contributed by atoms with van der Waals surface area (Å²) >= 11 is 3.46. The van der Waals surface area contributed by atoms with Gasteiger partial charge in [0, 0.05) is 10.1 Å². The van der Waals surface area contributed by atoms with Crippen molar-refractivity contribution in [3.05, 3.63) is 16.8 Å². The molecule has 0 bridgehead atoms. The number of fused-ring (bicyclic) bond motifs is 1. The molecule has 2 heterocycles. The van der Waals surface area contributed by atoms with E-state index in [-0.39, 0.29) is 0 Å². The van der Waals surface area contributed by atoms with Gasteiger partial charge in [0.1, 0.15) is 5.75 Å². The quantitative estimate of drug-likeness (QED) is 0.639. The molecule has 0 spiro atoms. The standard InChI is InChI=1S/C7H6OS2/c1-8-5-4-10-6-2-3-9-7(5)6/h2-4H,1H3. The largest absolute Gasteiger partial charge is 0.494 e. The Morgan fingerprint density at radius 3 is 3.10 bits per heavy atom. The lowest BCUT2D eigenvalue weighted by Crippen LogP contribution is -1.75. The van der Waals surface area contributed by atoms with E-state index in [1.54, 1.807) is 29.8 Å². The second-order valence-electron chi connectivity index (χ2n) is 1.92. The highest BCUT2D eigenvalue weighted by molar-refractivity contribution is 7.26. The van der Waals surface area contributed by atoms with Crippen LogP contribution in [0.25, 0.3) is 9.40 Å². The van der Waals surface area contributed by atoms with E-state index in [0.717, 1.165) is 5.75 Å². The smallest absolute Gasteiger partial charge is 0.147 e. The number of ether oxygens (including phenoxy) is 1. The molecule has 0 saturated heterocycles. The Hall–Kier alpha value is -0.540. The van der Waals surface area contributed by atoms with Crippen LogP contribution in [0.4, 0.5) is 0 Å². The van der Waals surface area contributed by atoms with Gasteiger partial charge in [-0.05, 0) is 11.4 Å². The number of rotatable bonds is 1. The molecule has 1 nitrogen and oxygen atoms in total. The van der Waals surface area contributed by atoms with Crippen LogP contribution in [-0.4, -0.2) is 7.11 Å². The van der Waals surface area contributed by atoms with Gasteiger partial charge >= 0.3 is 0 Å². The number of hydrogen-bond donors (Lipinski definition) is 0. The molecule has 0 saturated carbocycles. The Balaban J connectivity index is 2.76. The van der Waals surface area contributed by atoms with Crippen LogP contribution in [0.2, 0.25) is 0 Å². The summed E-state index contributed by atoms with van der Waals surface area (Å²) in [4.78, 5) is 0. The zero-order chi connectivity index (χ0) is 6.97. The van der Waals surface area contributed by atoms with Crippen molar-refractivity contribution in [3.8, 4) is 5.75 Å². The van der Waals surface area contributed by atoms with Gasteiger partial charge in [0.05, 0.1) is 11.8 Å². The Labute approximate surface area is 66.9 Å². The van der Waals surface area contributed by atoms with Gasteiger partial charge in [0.2, 0.25) is 0 Å². The molecule has 0 aliphatic heterocycles. The maximum atomic E-state index is 5.15. The van der Waals surface area contributed by atoms with E-state index < -0.39 is 0 Å². The fourth-order valence-electron chi connectivity index (χ4n) is 0.881. The lowest BCUT2D eigenvalue weighted by molar-refractivity contribution is 0.422. The second kappa shape index (κ2) is 2.25. The molecule has 2 rings (SSSR count). The van der Waals surface area contributed by atoms with Gasteiger partial charge in [0.25, 0.3) is 0 Å². The predicted molar refractivity (Wildman–Crippen MR) is 46.3 cm³/mol. The molecule has 0 atom stereocenters. The lowest BCUT2D eigenvalue weighted by Gasteiger charge is -1.90. The molecule has 0 radical (unpaired) electrons. The van der Waals surface area contributed by atoms with Crippen LogP contribution in [-0.2, 0) is 0 Å². The fraction of sp³-hybridized carbons (Fsp3) is 0.143. The van der Waals surface area contributed by atoms with E-state index in [1.807, 2.05) is 5.38 Å². The van der Waals surface area contributed by atoms with Crippen molar-refractivity contribution in [2.45, 2.75) is 0 Å². The van der Waals surface area contributed by atoms with Crippen molar-refractivity contribution < 1.29 is 4.74 Å². The topological polar surface area (TPSA) is 9.23 Å². The average Bonchev–Trinajstić information content (AvgIpc) is 2.44. The van der Waals surface area contributed by atoms with E-state index in [0.29, 0.717) is 0 Å². The van der Waals surface area contributed by atoms with Gasteiger partial charge in [0.15, 0.2) is 0 Å². The zero-order valence-corrected chi connectivity index (χ0v) is 7.09. The molecule has 0 aliphatic rings. The molecule has 0 amide bonds. The first-order valence-electron chi connectivity index (χ1n) is 2.90. The third-order valence-corrected chi connectivity index (χ3v) is 3.35. The van der Waals surface area contributed by atoms with Crippen molar-refractivity contribution in [1.29, 1.82) is 0 Å². The number of thiophene rings is 2. The normalized spacial score (nSPS) is 10.5. The maximum absolute atomic E-state index is 5.15. The first-order valence-corrected chi connectivity index (χ1v) is 4.66. The summed E-state index contributed by atoms with van der Waals surface area (Å²) in [6, 6.07) is 2.12. The summed E-state index contributed by atoms with van der Waals surface area (Å²) in [6.07, 6.45) is 0. The Kier molecular flexibility index (Phi) is 1.39. The summed E-state index contributed by atoms with van der Waals surface area (Å²) in [5.74, 6) is 1.01. The number of hydrogen-bond acceptors (Lipinski definition) is 3. The van der Waals surface area contributed by atoms with Crippen molar-refractivity contribution in [3.63, 3.8) is 0 Å². The summed E-state index contributed by atoms with van der Waals surface area (Å²) in [6.45, 7) is 0. The molecule has 3 heteroatoms. The number of methoxy groups -OCH3 is 1. The first kappa shape index (κ1) is 6.19. The highest BCUT2D eigenvalue weighted by atomic mass is 32.1. The monoisotopic (exact) mass is 170 g/mol. The third-order valence-electron chi connectivity index (χ3n) is 1.37. The van der Waals surface area contributed by atoms with Crippen molar-refractivity contribution in [1.82, 2.24) is 0 Å². The van der Waals surface area contributed by atoms with Crippen LogP contribution in [0.5, 0.6) is 5.75 Å². The maximum Gasteiger partial charge on any atom is 0.147 e. The van der Waals surface area contributed by atoms with Gasteiger partial charge in [-0.15, -0.1) is 22.7 Å². The molecular formula is C7H6OS2. The summed E-state index contributed by atoms with van der Waals surface area (Å²) in [5.41, 5.74) is 0. The van der Waals surface area contributed by atoms with Crippen molar-refractivity contribution in [2.75, 3.05) is 7.11 Å². The van der Waals surface area contributed by atoms with Crippen LogP contribution < -0.4 is 4.74 Å². The average molecular weight is 170 g/mol. The van der Waals surface area contributed by atoms with Crippen LogP contribution in [0.1, 0.15) is 0 Å². The molecule has 52 valence electrons. The van der Waals surface area contributed by atoms with Crippen LogP contribution in [0, 0.1) is 0 Å². The fourth-order valence-corrected chi connectivity index (χ4v) is 2.92. The minimum absolute atomic E-state index is 1.01. The Bertz CT molecular complexity index is 334.